The van der Waals surface area contributed by atoms with Gasteiger partial charge in [0.1, 0.15) is 27.0 Å². The SMILES string of the molecule is [B]C([B])Oc1cc(/C(N)=C/N(N)c2ccc(C#N)cc2C)ccc1CN1CCC=C([C@](C)(O)CO)C1. The Bertz CT molecular complexity index is 1190. The van der Waals surface area contributed by atoms with Gasteiger partial charge in [0.15, 0.2) is 0 Å². The number of rotatable bonds is 9. The molecule has 1 heterocycles. The third kappa shape index (κ3) is 6.71. The highest BCUT2D eigenvalue weighted by molar-refractivity contribution is 6.34. The van der Waals surface area contributed by atoms with E-state index in [0.717, 1.165) is 29.7 Å². The summed E-state index contributed by atoms with van der Waals surface area (Å²) in [4.78, 5) is 2.15. The fraction of sp³-hybridized carbons (Fsp3) is 0.346. The zero-order chi connectivity index (χ0) is 26.5. The van der Waals surface area contributed by atoms with Crippen molar-refractivity contribution < 1.29 is 14.9 Å². The van der Waals surface area contributed by atoms with Crippen LogP contribution in [-0.2, 0) is 6.54 Å². The minimum Gasteiger partial charge on any atom is -0.510 e. The number of benzene rings is 2. The molecule has 0 unspecified atom stereocenters. The van der Waals surface area contributed by atoms with Gasteiger partial charge in [-0.2, -0.15) is 5.26 Å². The third-order valence-corrected chi connectivity index (χ3v) is 6.17. The van der Waals surface area contributed by atoms with Crippen LogP contribution in [0.1, 0.15) is 35.6 Å². The largest absolute Gasteiger partial charge is 0.510 e. The summed E-state index contributed by atoms with van der Waals surface area (Å²) in [7, 11) is 11.4. The van der Waals surface area contributed by atoms with Crippen LogP contribution in [0.15, 0.2) is 54.2 Å². The normalized spacial score (nSPS) is 16.2. The van der Waals surface area contributed by atoms with Crippen LogP contribution in [0.25, 0.3) is 5.70 Å². The zero-order valence-electron chi connectivity index (χ0n) is 20.7. The fourth-order valence-electron chi connectivity index (χ4n) is 4.10. The molecular formula is C26H31B2N5O3. The van der Waals surface area contributed by atoms with E-state index in [1.165, 1.54) is 5.01 Å². The van der Waals surface area contributed by atoms with Crippen LogP contribution in [-0.4, -0.2) is 62.0 Å². The Hall–Kier alpha value is -3.22. The Morgan fingerprint density at radius 2 is 2.08 bits per heavy atom. The fourth-order valence-corrected chi connectivity index (χ4v) is 4.10. The molecule has 1 aliphatic rings. The molecule has 0 spiro atoms. The van der Waals surface area contributed by atoms with Gasteiger partial charge in [0.05, 0.1) is 29.6 Å². The summed E-state index contributed by atoms with van der Waals surface area (Å²) in [5.41, 5.74) is 9.88. The molecule has 2 aromatic rings. The van der Waals surface area contributed by atoms with Crippen molar-refractivity contribution in [3.63, 3.8) is 0 Å². The van der Waals surface area contributed by atoms with Gasteiger partial charge in [0.25, 0.3) is 0 Å². The van der Waals surface area contributed by atoms with Crippen LogP contribution < -0.4 is 21.3 Å². The van der Waals surface area contributed by atoms with E-state index < -0.39 is 11.5 Å². The molecule has 4 radical (unpaired) electrons. The van der Waals surface area contributed by atoms with E-state index in [1.54, 1.807) is 37.4 Å². The standard InChI is InChI=1S/C26H31B2N5O3/c1-17-10-18(12-29)5-8-23(17)33(31)15-22(30)19-6-7-20(24(11-19)36-25(27)28)13-32-9-3-4-21(14-32)26(2,35)16-34/h4-8,10-11,15,25,34-35H,3,9,13-14,16,30-31H2,1-2H3/b22-15-/t26-/m1/s1. The highest BCUT2D eigenvalue weighted by atomic mass is 16.5. The Morgan fingerprint density at radius 1 is 1.33 bits per heavy atom. The second-order valence-corrected chi connectivity index (χ2v) is 9.17. The van der Waals surface area contributed by atoms with Crippen molar-refractivity contribution in [1.29, 1.82) is 5.26 Å². The van der Waals surface area contributed by atoms with Crippen LogP contribution >= 0.6 is 0 Å². The zero-order valence-corrected chi connectivity index (χ0v) is 20.7. The number of hydrogen-bond acceptors (Lipinski definition) is 8. The molecule has 2 aromatic carbocycles. The van der Waals surface area contributed by atoms with Gasteiger partial charge in [0.2, 0.25) is 0 Å². The smallest absolute Gasteiger partial charge is 0.122 e. The quantitative estimate of drug-likeness (QED) is 0.182. The van der Waals surface area contributed by atoms with Crippen LogP contribution in [0, 0.1) is 18.3 Å². The number of nitrogens with zero attached hydrogens (tertiary/aromatic N) is 3. The molecule has 1 atom stereocenters. The molecule has 3 rings (SSSR count). The number of anilines is 1. The van der Waals surface area contributed by atoms with Gasteiger partial charge >= 0.3 is 0 Å². The molecule has 1 aliphatic heterocycles. The summed E-state index contributed by atoms with van der Waals surface area (Å²) in [5, 5.41) is 30.5. The van der Waals surface area contributed by atoms with Crippen molar-refractivity contribution in [2.75, 3.05) is 24.7 Å². The molecule has 0 aromatic heterocycles. The minimum absolute atomic E-state index is 0.344. The lowest BCUT2D eigenvalue weighted by molar-refractivity contribution is 0.0247. The average molecular weight is 483 g/mol. The molecule has 0 saturated carbocycles. The maximum atomic E-state index is 10.4. The molecule has 0 amide bonds. The summed E-state index contributed by atoms with van der Waals surface area (Å²) in [6, 6.07) is 12.8. The van der Waals surface area contributed by atoms with E-state index in [4.69, 9.17) is 37.3 Å². The Kier molecular flexibility index (Phi) is 8.88. The third-order valence-electron chi connectivity index (χ3n) is 6.17. The number of aliphatic hydroxyl groups is 2. The van der Waals surface area contributed by atoms with E-state index in [9.17, 15) is 10.2 Å². The topological polar surface area (TPSA) is 132 Å². The first-order valence-corrected chi connectivity index (χ1v) is 11.6. The summed E-state index contributed by atoms with van der Waals surface area (Å²) in [5.74, 6) is 5.69. The monoisotopic (exact) mass is 483 g/mol. The summed E-state index contributed by atoms with van der Waals surface area (Å²) in [6.45, 7) is 4.95. The number of nitriles is 1. The molecule has 0 bridgehead atoms. The predicted octanol–water partition coefficient (Wildman–Crippen LogP) is 1.38. The molecule has 0 saturated heterocycles. The van der Waals surface area contributed by atoms with Gasteiger partial charge in [0, 0.05) is 42.9 Å². The first-order chi connectivity index (χ1) is 17.0. The maximum absolute atomic E-state index is 10.4. The second kappa shape index (κ2) is 11.7. The van der Waals surface area contributed by atoms with Crippen LogP contribution in [0.4, 0.5) is 5.69 Å². The predicted molar refractivity (Wildman–Crippen MR) is 143 cm³/mol. The van der Waals surface area contributed by atoms with E-state index >= 15 is 0 Å². The lowest BCUT2D eigenvalue weighted by Crippen LogP contribution is -2.40. The maximum Gasteiger partial charge on any atom is 0.122 e. The summed E-state index contributed by atoms with van der Waals surface area (Å²) < 4.78 is 5.69. The number of hydrazine groups is 1. The number of aliphatic hydroxyl groups excluding tert-OH is 1. The molecule has 184 valence electrons. The number of hydrogen-bond donors (Lipinski definition) is 4. The molecule has 10 heteroatoms. The lowest BCUT2D eigenvalue weighted by atomic mass is 9.82. The van der Waals surface area contributed by atoms with Gasteiger partial charge in [-0.05, 0) is 55.7 Å². The molecule has 36 heavy (non-hydrogen) atoms. The number of aryl methyl sites for hydroxylation is 1. The highest BCUT2D eigenvalue weighted by Gasteiger charge is 2.28. The summed E-state index contributed by atoms with van der Waals surface area (Å²) in [6.07, 6.45) is 4.32. The van der Waals surface area contributed by atoms with Crippen LogP contribution in [0.3, 0.4) is 0 Å². The minimum atomic E-state index is -1.26. The van der Waals surface area contributed by atoms with Crippen molar-refractivity contribution in [2.24, 2.45) is 11.6 Å². The molecular weight excluding hydrogens is 452 g/mol. The van der Waals surface area contributed by atoms with Gasteiger partial charge < -0.3 is 20.7 Å². The van der Waals surface area contributed by atoms with E-state index in [-0.39, 0.29) is 6.61 Å². The van der Waals surface area contributed by atoms with Crippen LogP contribution in [0.5, 0.6) is 5.75 Å². The van der Waals surface area contributed by atoms with E-state index in [0.29, 0.717) is 41.4 Å². The van der Waals surface area contributed by atoms with Crippen molar-refractivity contribution in [3.8, 4) is 11.8 Å². The van der Waals surface area contributed by atoms with Crippen molar-refractivity contribution in [2.45, 2.75) is 38.3 Å². The molecule has 0 aliphatic carbocycles. The Balaban J connectivity index is 1.83. The molecule has 8 nitrogen and oxygen atoms in total. The Morgan fingerprint density at radius 3 is 2.72 bits per heavy atom. The molecule has 6 N–H and O–H groups in total. The van der Waals surface area contributed by atoms with Gasteiger partial charge in [-0.3, -0.25) is 9.91 Å². The van der Waals surface area contributed by atoms with E-state index in [1.807, 2.05) is 25.1 Å². The highest BCUT2D eigenvalue weighted by Crippen LogP contribution is 2.29. The first-order valence-electron chi connectivity index (χ1n) is 11.6. The Labute approximate surface area is 215 Å². The lowest BCUT2D eigenvalue weighted by Gasteiger charge is -2.34. The summed E-state index contributed by atoms with van der Waals surface area (Å²) >= 11 is 0. The van der Waals surface area contributed by atoms with E-state index in [2.05, 4.69) is 11.0 Å². The van der Waals surface area contributed by atoms with Gasteiger partial charge in [-0.15, -0.1) is 0 Å². The van der Waals surface area contributed by atoms with Gasteiger partial charge in [-0.25, -0.2) is 5.84 Å². The number of ether oxygens (including phenoxy) is 1. The average Bonchev–Trinajstić information content (AvgIpc) is 2.84. The van der Waals surface area contributed by atoms with Gasteiger partial charge in [-0.1, -0.05) is 18.2 Å². The van der Waals surface area contributed by atoms with Crippen LogP contribution in [0.2, 0.25) is 0 Å². The van der Waals surface area contributed by atoms with Crippen molar-refractivity contribution in [1.82, 2.24) is 4.90 Å². The van der Waals surface area contributed by atoms with Crippen molar-refractivity contribution in [3.05, 3.63) is 76.5 Å². The second-order valence-electron chi connectivity index (χ2n) is 9.17. The molecule has 0 fully saturated rings. The number of nitrogens with two attached hydrogens (primary N) is 2. The first kappa shape index (κ1) is 27.4. The van der Waals surface area contributed by atoms with Crippen molar-refractivity contribution >= 4 is 27.1 Å².